The molecule has 162 valence electrons. The van der Waals surface area contributed by atoms with Gasteiger partial charge in [0.15, 0.2) is 10.6 Å². The van der Waals surface area contributed by atoms with Gasteiger partial charge in [0.05, 0.1) is 12.6 Å². The molecule has 0 radical (unpaired) electrons. The van der Waals surface area contributed by atoms with E-state index >= 15 is 0 Å². The predicted molar refractivity (Wildman–Crippen MR) is 122 cm³/mol. The van der Waals surface area contributed by atoms with Gasteiger partial charge in [0.2, 0.25) is 5.91 Å². The first-order valence-corrected chi connectivity index (χ1v) is 10.7. The van der Waals surface area contributed by atoms with E-state index < -0.39 is 0 Å². The van der Waals surface area contributed by atoms with E-state index in [-0.39, 0.29) is 30.9 Å². The average molecular weight is 438 g/mol. The van der Waals surface area contributed by atoms with Crippen molar-refractivity contribution in [1.29, 1.82) is 0 Å². The molecule has 3 rings (SSSR count). The van der Waals surface area contributed by atoms with Gasteiger partial charge in [0.1, 0.15) is 6.54 Å². The fourth-order valence-corrected chi connectivity index (χ4v) is 3.71. The van der Waals surface area contributed by atoms with Crippen LogP contribution in [0.25, 0.3) is 0 Å². The maximum atomic E-state index is 12.5. The molecule has 2 N–H and O–H groups in total. The highest BCUT2D eigenvalue weighted by molar-refractivity contribution is 7.71. The van der Waals surface area contributed by atoms with Crippen molar-refractivity contribution in [1.82, 2.24) is 25.0 Å². The first-order chi connectivity index (χ1) is 14.9. The van der Waals surface area contributed by atoms with Crippen molar-refractivity contribution in [3.05, 3.63) is 81.9 Å². The Bertz CT molecular complexity index is 1120. The lowest BCUT2D eigenvalue weighted by atomic mass is 10.1. The molecule has 8 heteroatoms. The average Bonchev–Trinajstić information content (AvgIpc) is 3.07. The molecular formula is C23H27N5O2S. The minimum Gasteiger partial charge on any atom is -0.348 e. The summed E-state index contributed by atoms with van der Waals surface area (Å²) in [6.07, 6.45) is 0. The molecule has 0 bridgehead atoms. The third-order valence-electron chi connectivity index (χ3n) is 5.08. The van der Waals surface area contributed by atoms with Crippen LogP contribution in [0.4, 0.5) is 0 Å². The second kappa shape index (κ2) is 10.2. The Morgan fingerprint density at radius 1 is 1.10 bits per heavy atom. The van der Waals surface area contributed by atoms with E-state index in [0.717, 1.165) is 11.1 Å². The van der Waals surface area contributed by atoms with Crippen molar-refractivity contribution in [2.75, 3.05) is 0 Å². The summed E-state index contributed by atoms with van der Waals surface area (Å²) in [5.41, 5.74) is 2.55. The third-order valence-corrected chi connectivity index (χ3v) is 5.51. The lowest BCUT2D eigenvalue weighted by molar-refractivity contribution is -0.122. The number of carbonyl (C=O) groups is 2. The summed E-state index contributed by atoms with van der Waals surface area (Å²) < 4.78 is 3.77. The molecule has 0 saturated carbocycles. The monoisotopic (exact) mass is 437 g/mol. The van der Waals surface area contributed by atoms with Crippen LogP contribution in [-0.2, 0) is 24.4 Å². The van der Waals surface area contributed by atoms with Crippen molar-refractivity contribution >= 4 is 24.0 Å². The molecule has 7 nitrogen and oxygen atoms in total. The van der Waals surface area contributed by atoms with Gasteiger partial charge in [-0.2, -0.15) is 5.10 Å². The van der Waals surface area contributed by atoms with Gasteiger partial charge < -0.3 is 15.2 Å². The molecule has 2 aromatic carbocycles. The third kappa shape index (κ3) is 5.46. The Morgan fingerprint density at radius 3 is 2.45 bits per heavy atom. The summed E-state index contributed by atoms with van der Waals surface area (Å²) in [7, 11) is 0. The molecule has 0 aliphatic heterocycles. The molecule has 3 aromatic rings. The Kier molecular flexibility index (Phi) is 7.36. The van der Waals surface area contributed by atoms with Gasteiger partial charge in [0, 0.05) is 12.1 Å². The highest BCUT2D eigenvalue weighted by atomic mass is 32.1. The second-order valence-electron chi connectivity index (χ2n) is 7.30. The summed E-state index contributed by atoms with van der Waals surface area (Å²) in [5, 5.41) is 10.4. The standard InChI is InChI=1S/C23H27N5O2S/c1-4-27-20(14-24-22(30)19-13-9-8-10-16(19)2)26-28(23(27)31)15-21(29)25-17(3)18-11-6-5-7-12-18/h5-13,17H,4,14-15H2,1-3H3,(H,24,30)(H,25,29)/t17-/m0/s1. The smallest absolute Gasteiger partial charge is 0.251 e. The van der Waals surface area contributed by atoms with Crippen molar-refractivity contribution in [3.63, 3.8) is 0 Å². The van der Waals surface area contributed by atoms with Crippen molar-refractivity contribution in [2.45, 2.75) is 46.4 Å². The van der Waals surface area contributed by atoms with Crippen LogP contribution in [-0.4, -0.2) is 26.2 Å². The molecule has 0 fully saturated rings. The highest BCUT2D eigenvalue weighted by Gasteiger charge is 2.16. The Hall–Kier alpha value is -3.26. The first-order valence-electron chi connectivity index (χ1n) is 10.2. The number of benzene rings is 2. The Labute approximate surface area is 187 Å². The second-order valence-corrected chi connectivity index (χ2v) is 7.66. The van der Waals surface area contributed by atoms with Gasteiger partial charge in [-0.1, -0.05) is 48.5 Å². The van der Waals surface area contributed by atoms with Crippen LogP contribution in [0.2, 0.25) is 0 Å². The maximum Gasteiger partial charge on any atom is 0.251 e. The molecule has 1 aromatic heterocycles. The molecule has 0 aliphatic carbocycles. The molecule has 2 amide bonds. The quantitative estimate of drug-likeness (QED) is 0.528. The summed E-state index contributed by atoms with van der Waals surface area (Å²) in [6.45, 7) is 6.61. The molecule has 0 aliphatic rings. The predicted octanol–water partition coefficient (Wildman–Crippen LogP) is 3.55. The maximum absolute atomic E-state index is 12.5. The SMILES string of the molecule is CCn1c(CNC(=O)c2ccccc2C)nn(CC(=O)N[C@@H](C)c2ccccc2)c1=S. The Balaban J connectivity index is 1.67. The minimum absolute atomic E-state index is 0.0156. The van der Waals surface area contributed by atoms with Gasteiger partial charge in [-0.05, 0) is 50.2 Å². The van der Waals surface area contributed by atoms with Crippen LogP contribution in [0.5, 0.6) is 0 Å². The molecule has 1 heterocycles. The van der Waals surface area contributed by atoms with Crippen LogP contribution in [0.3, 0.4) is 0 Å². The minimum atomic E-state index is -0.177. The molecular weight excluding hydrogens is 410 g/mol. The Morgan fingerprint density at radius 2 is 1.77 bits per heavy atom. The first kappa shape index (κ1) is 22.4. The van der Waals surface area contributed by atoms with E-state index in [1.165, 1.54) is 4.68 Å². The van der Waals surface area contributed by atoms with E-state index in [2.05, 4.69) is 15.7 Å². The van der Waals surface area contributed by atoms with Crippen molar-refractivity contribution in [2.24, 2.45) is 0 Å². The number of aromatic nitrogens is 3. The molecule has 0 unspecified atom stereocenters. The van der Waals surface area contributed by atoms with Crippen LogP contribution >= 0.6 is 12.2 Å². The number of hydrogen-bond donors (Lipinski definition) is 2. The summed E-state index contributed by atoms with van der Waals surface area (Å²) in [6, 6.07) is 17.0. The molecule has 0 spiro atoms. The van der Waals surface area contributed by atoms with Crippen LogP contribution in [0.1, 0.15) is 47.2 Å². The van der Waals surface area contributed by atoms with Crippen LogP contribution < -0.4 is 10.6 Å². The zero-order chi connectivity index (χ0) is 22.4. The topological polar surface area (TPSA) is 81.0 Å². The normalized spacial score (nSPS) is 11.7. The van der Waals surface area contributed by atoms with Gasteiger partial charge in [0.25, 0.3) is 5.91 Å². The van der Waals surface area contributed by atoms with Crippen molar-refractivity contribution in [3.8, 4) is 0 Å². The number of carbonyl (C=O) groups excluding carboxylic acids is 2. The van der Waals surface area contributed by atoms with E-state index in [9.17, 15) is 9.59 Å². The molecule has 0 saturated heterocycles. The van der Waals surface area contributed by atoms with Gasteiger partial charge in [-0.25, -0.2) is 4.68 Å². The lowest BCUT2D eigenvalue weighted by Gasteiger charge is -2.14. The lowest BCUT2D eigenvalue weighted by Crippen LogP contribution is -2.30. The van der Waals surface area contributed by atoms with Gasteiger partial charge in [-0.3, -0.25) is 9.59 Å². The van der Waals surface area contributed by atoms with E-state index in [1.54, 1.807) is 6.07 Å². The number of aryl methyl sites for hydroxylation is 1. The number of nitrogens with one attached hydrogen (secondary N) is 2. The van der Waals surface area contributed by atoms with E-state index in [0.29, 0.717) is 22.7 Å². The number of nitrogens with zero attached hydrogens (tertiary/aromatic N) is 3. The summed E-state index contributed by atoms with van der Waals surface area (Å²) in [4.78, 5) is 25.1. The van der Waals surface area contributed by atoms with Gasteiger partial charge >= 0.3 is 0 Å². The highest BCUT2D eigenvalue weighted by Crippen LogP contribution is 2.11. The van der Waals surface area contributed by atoms with Crippen LogP contribution in [0, 0.1) is 11.7 Å². The van der Waals surface area contributed by atoms with E-state index in [4.69, 9.17) is 12.2 Å². The van der Waals surface area contributed by atoms with Crippen LogP contribution in [0.15, 0.2) is 54.6 Å². The fourth-order valence-electron chi connectivity index (χ4n) is 3.37. The summed E-state index contributed by atoms with van der Waals surface area (Å²) >= 11 is 5.50. The van der Waals surface area contributed by atoms with E-state index in [1.807, 2.05) is 73.9 Å². The molecule has 1 atom stereocenters. The van der Waals surface area contributed by atoms with Crippen molar-refractivity contribution < 1.29 is 9.59 Å². The summed E-state index contributed by atoms with van der Waals surface area (Å²) in [5.74, 6) is 0.262. The largest absolute Gasteiger partial charge is 0.348 e. The van der Waals surface area contributed by atoms with Gasteiger partial charge in [-0.15, -0.1) is 0 Å². The molecule has 31 heavy (non-hydrogen) atoms. The fraction of sp³-hybridized carbons (Fsp3) is 0.304. The number of amides is 2. The zero-order valence-electron chi connectivity index (χ0n) is 18.0. The number of rotatable bonds is 8. The zero-order valence-corrected chi connectivity index (χ0v) is 18.8. The number of hydrogen-bond acceptors (Lipinski definition) is 4.